The zero-order valence-electron chi connectivity index (χ0n) is 8.97. The summed E-state index contributed by atoms with van der Waals surface area (Å²) in [6.45, 7) is 0. The van der Waals surface area contributed by atoms with Gasteiger partial charge in [0.2, 0.25) is 0 Å². The Bertz CT molecular complexity index is 494. The summed E-state index contributed by atoms with van der Waals surface area (Å²) in [5.74, 6) is -0.0838. The number of amides is 1. The van der Waals surface area contributed by atoms with Crippen molar-refractivity contribution in [3.05, 3.63) is 54.4 Å². The van der Waals surface area contributed by atoms with Crippen LogP contribution in [0, 0.1) is 0 Å². The first kappa shape index (κ1) is 10.4. The fourth-order valence-electron chi connectivity index (χ4n) is 1.59. The lowest BCUT2D eigenvalue weighted by Crippen LogP contribution is -2.18. The highest BCUT2D eigenvalue weighted by molar-refractivity contribution is 6.00. The largest absolute Gasteiger partial charge is 0.355 e. The second-order valence-corrected chi connectivity index (χ2v) is 3.37. The molecule has 0 atom stereocenters. The summed E-state index contributed by atoms with van der Waals surface area (Å²) in [5, 5.41) is 2.63. The third-order valence-electron chi connectivity index (χ3n) is 2.37. The molecule has 0 aliphatic carbocycles. The molecule has 0 spiro atoms. The molecular weight excluding hydrogens is 200 g/mol. The number of benzene rings is 1. The van der Waals surface area contributed by atoms with Crippen LogP contribution < -0.4 is 5.32 Å². The van der Waals surface area contributed by atoms with E-state index < -0.39 is 0 Å². The molecular formula is C13H12N2O. The van der Waals surface area contributed by atoms with Crippen LogP contribution >= 0.6 is 0 Å². The minimum absolute atomic E-state index is 0.0838. The molecule has 2 rings (SSSR count). The van der Waals surface area contributed by atoms with E-state index in [1.165, 1.54) is 0 Å². The summed E-state index contributed by atoms with van der Waals surface area (Å²) in [6, 6.07) is 11.3. The van der Waals surface area contributed by atoms with Gasteiger partial charge in [0.1, 0.15) is 0 Å². The smallest absolute Gasteiger partial charge is 0.251 e. The lowest BCUT2D eigenvalue weighted by atomic mass is 10.0. The van der Waals surface area contributed by atoms with Crippen molar-refractivity contribution in [2.24, 2.45) is 0 Å². The predicted octanol–water partition coefficient (Wildman–Crippen LogP) is 2.11. The molecule has 16 heavy (non-hydrogen) atoms. The number of hydrogen-bond donors (Lipinski definition) is 1. The van der Waals surface area contributed by atoms with Gasteiger partial charge in [0, 0.05) is 30.6 Å². The van der Waals surface area contributed by atoms with Gasteiger partial charge < -0.3 is 5.32 Å². The van der Waals surface area contributed by atoms with Crippen molar-refractivity contribution < 1.29 is 4.79 Å². The molecule has 0 saturated carbocycles. The fourth-order valence-corrected chi connectivity index (χ4v) is 1.59. The van der Waals surface area contributed by atoms with Crippen LogP contribution in [0.5, 0.6) is 0 Å². The van der Waals surface area contributed by atoms with Crippen LogP contribution in [0.3, 0.4) is 0 Å². The highest BCUT2D eigenvalue weighted by Gasteiger charge is 2.10. The Kier molecular flexibility index (Phi) is 2.96. The van der Waals surface area contributed by atoms with Crippen molar-refractivity contribution in [3.8, 4) is 11.1 Å². The molecule has 0 fully saturated rings. The summed E-state index contributed by atoms with van der Waals surface area (Å²) in [5.41, 5.74) is 2.51. The Morgan fingerprint density at radius 2 is 2.00 bits per heavy atom. The molecule has 1 aromatic carbocycles. The van der Waals surface area contributed by atoms with E-state index in [9.17, 15) is 4.79 Å². The molecule has 0 saturated heterocycles. The number of carbonyl (C=O) groups is 1. The zero-order valence-corrected chi connectivity index (χ0v) is 8.97. The number of pyridine rings is 1. The number of nitrogens with one attached hydrogen (secondary N) is 1. The first-order chi connectivity index (χ1) is 7.83. The summed E-state index contributed by atoms with van der Waals surface area (Å²) in [4.78, 5) is 15.7. The molecule has 1 N–H and O–H groups in total. The van der Waals surface area contributed by atoms with Gasteiger partial charge in [-0.1, -0.05) is 24.3 Å². The molecule has 1 heterocycles. The normalized spacial score (nSPS) is 9.81. The average molecular weight is 212 g/mol. The molecule has 80 valence electrons. The van der Waals surface area contributed by atoms with Crippen molar-refractivity contribution in [1.82, 2.24) is 10.3 Å². The topological polar surface area (TPSA) is 42.0 Å². The van der Waals surface area contributed by atoms with E-state index in [0.717, 1.165) is 11.1 Å². The standard InChI is InChI=1S/C13H12N2O/c1-14-13(16)12-7-3-2-6-11(12)10-5-4-8-15-9-10/h2-9H,1H3,(H,14,16). The molecule has 1 amide bonds. The van der Waals surface area contributed by atoms with Crippen molar-refractivity contribution in [3.63, 3.8) is 0 Å². The molecule has 3 nitrogen and oxygen atoms in total. The Labute approximate surface area is 94.1 Å². The summed E-state index contributed by atoms with van der Waals surface area (Å²) < 4.78 is 0. The van der Waals surface area contributed by atoms with Crippen LogP contribution in [0.2, 0.25) is 0 Å². The van der Waals surface area contributed by atoms with Crippen molar-refractivity contribution in [2.45, 2.75) is 0 Å². The Hall–Kier alpha value is -2.16. The molecule has 0 radical (unpaired) electrons. The average Bonchev–Trinajstić information content (AvgIpc) is 2.39. The van der Waals surface area contributed by atoms with Gasteiger partial charge in [-0.3, -0.25) is 9.78 Å². The van der Waals surface area contributed by atoms with E-state index in [1.54, 1.807) is 25.5 Å². The van der Waals surface area contributed by atoms with E-state index in [-0.39, 0.29) is 5.91 Å². The van der Waals surface area contributed by atoms with Crippen LogP contribution in [0.4, 0.5) is 0 Å². The number of aromatic nitrogens is 1. The van der Waals surface area contributed by atoms with Crippen LogP contribution in [0.1, 0.15) is 10.4 Å². The molecule has 2 aromatic rings. The summed E-state index contributed by atoms with van der Waals surface area (Å²) >= 11 is 0. The van der Waals surface area contributed by atoms with Crippen LogP contribution in [0.25, 0.3) is 11.1 Å². The van der Waals surface area contributed by atoms with Crippen molar-refractivity contribution in [1.29, 1.82) is 0 Å². The highest BCUT2D eigenvalue weighted by Crippen LogP contribution is 2.22. The minimum atomic E-state index is -0.0838. The van der Waals surface area contributed by atoms with E-state index in [2.05, 4.69) is 10.3 Å². The van der Waals surface area contributed by atoms with E-state index in [4.69, 9.17) is 0 Å². The maximum absolute atomic E-state index is 11.7. The van der Waals surface area contributed by atoms with E-state index in [0.29, 0.717) is 5.56 Å². The SMILES string of the molecule is CNC(=O)c1ccccc1-c1cccnc1. The maximum Gasteiger partial charge on any atom is 0.251 e. The first-order valence-corrected chi connectivity index (χ1v) is 5.04. The van der Waals surface area contributed by atoms with E-state index in [1.807, 2.05) is 30.3 Å². The monoisotopic (exact) mass is 212 g/mol. The van der Waals surface area contributed by atoms with Gasteiger partial charge in [0.15, 0.2) is 0 Å². The van der Waals surface area contributed by atoms with Gasteiger partial charge in [-0.25, -0.2) is 0 Å². The van der Waals surface area contributed by atoms with Crippen LogP contribution in [-0.2, 0) is 0 Å². The van der Waals surface area contributed by atoms with Gasteiger partial charge in [0.05, 0.1) is 0 Å². The molecule has 1 aromatic heterocycles. The number of nitrogens with zero attached hydrogens (tertiary/aromatic N) is 1. The second kappa shape index (κ2) is 4.57. The van der Waals surface area contributed by atoms with Gasteiger partial charge in [0.25, 0.3) is 5.91 Å². The van der Waals surface area contributed by atoms with Gasteiger partial charge in [-0.2, -0.15) is 0 Å². The minimum Gasteiger partial charge on any atom is -0.355 e. The fraction of sp³-hybridized carbons (Fsp3) is 0.0769. The second-order valence-electron chi connectivity index (χ2n) is 3.37. The third kappa shape index (κ3) is 1.93. The summed E-state index contributed by atoms with van der Waals surface area (Å²) in [6.07, 6.45) is 3.47. The lowest BCUT2D eigenvalue weighted by Gasteiger charge is -2.07. The van der Waals surface area contributed by atoms with E-state index >= 15 is 0 Å². The molecule has 0 bridgehead atoms. The van der Waals surface area contributed by atoms with Crippen molar-refractivity contribution >= 4 is 5.91 Å². The molecule has 0 aliphatic heterocycles. The molecule has 3 heteroatoms. The third-order valence-corrected chi connectivity index (χ3v) is 2.37. The lowest BCUT2D eigenvalue weighted by molar-refractivity contribution is 0.0964. The van der Waals surface area contributed by atoms with Crippen LogP contribution in [0.15, 0.2) is 48.8 Å². The molecule has 0 unspecified atom stereocenters. The first-order valence-electron chi connectivity index (χ1n) is 5.04. The zero-order chi connectivity index (χ0) is 11.4. The predicted molar refractivity (Wildman–Crippen MR) is 63.1 cm³/mol. The van der Waals surface area contributed by atoms with Crippen molar-refractivity contribution in [2.75, 3.05) is 7.05 Å². The van der Waals surface area contributed by atoms with Gasteiger partial charge in [-0.05, 0) is 17.7 Å². The summed E-state index contributed by atoms with van der Waals surface area (Å²) in [7, 11) is 1.63. The Balaban J connectivity index is 2.53. The van der Waals surface area contributed by atoms with Gasteiger partial charge in [-0.15, -0.1) is 0 Å². The maximum atomic E-state index is 11.7. The quantitative estimate of drug-likeness (QED) is 0.828. The number of rotatable bonds is 2. The highest BCUT2D eigenvalue weighted by atomic mass is 16.1. The van der Waals surface area contributed by atoms with Gasteiger partial charge >= 0.3 is 0 Å². The molecule has 0 aliphatic rings. The van der Waals surface area contributed by atoms with Crippen LogP contribution in [-0.4, -0.2) is 17.9 Å². The number of hydrogen-bond acceptors (Lipinski definition) is 2. The number of carbonyl (C=O) groups excluding carboxylic acids is 1. The Morgan fingerprint density at radius 3 is 2.69 bits per heavy atom. The Morgan fingerprint density at radius 1 is 1.19 bits per heavy atom.